The molecule has 5 nitrogen and oxygen atoms in total. The standard InChI is InChI=1S/C23H20BrNO4/c24-18-7-4-8-21(15-18)29-20-11-9-19(10-12-20)25-22(26)13-17(14-23(27)28)16-5-2-1-3-6-16/h1-12,15,17H,13-14H2,(H,25,26)(H,27,28). The van der Waals surface area contributed by atoms with Crippen LogP contribution in [0, 0.1) is 0 Å². The Morgan fingerprint density at radius 2 is 1.62 bits per heavy atom. The molecule has 3 rings (SSSR count). The molecule has 3 aromatic rings. The Morgan fingerprint density at radius 1 is 0.897 bits per heavy atom. The Labute approximate surface area is 177 Å². The lowest BCUT2D eigenvalue weighted by molar-refractivity contribution is -0.137. The molecule has 0 aliphatic carbocycles. The zero-order valence-corrected chi connectivity index (χ0v) is 17.1. The monoisotopic (exact) mass is 453 g/mol. The van der Waals surface area contributed by atoms with E-state index in [0.29, 0.717) is 17.2 Å². The van der Waals surface area contributed by atoms with Crippen molar-refractivity contribution in [3.63, 3.8) is 0 Å². The first kappa shape index (κ1) is 20.6. The Hall–Kier alpha value is -3.12. The SMILES string of the molecule is O=C(O)CC(CC(=O)Nc1ccc(Oc2cccc(Br)c2)cc1)c1ccccc1. The van der Waals surface area contributed by atoms with Crippen LogP contribution in [0.3, 0.4) is 0 Å². The van der Waals surface area contributed by atoms with Gasteiger partial charge in [0.15, 0.2) is 0 Å². The smallest absolute Gasteiger partial charge is 0.303 e. The van der Waals surface area contributed by atoms with Crippen LogP contribution in [0.2, 0.25) is 0 Å². The van der Waals surface area contributed by atoms with Crippen LogP contribution in [0.4, 0.5) is 5.69 Å². The predicted octanol–water partition coefficient (Wildman–Crippen LogP) is 5.83. The predicted molar refractivity (Wildman–Crippen MR) is 115 cm³/mol. The molecule has 29 heavy (non-hydrogen) atoms. The molecule has 0 saturated carbocycles. The van der Waals surface area contributed by atoms with Gasteiger partial charge in [0.05, 0.1) is 6.42 Å². The van der Waals surface area contributed by atoms with Gasteiger partial charge in [-0.2, -0.15) is 0 Å². The molecule has 1 atom stereocenters. The number of hydrogen-bond donors (Lipinski definition) is 2. The average molecular weight is 454 g/mol. The van der Waals surface area contributed by atoms with E-state index in [-0.39, 0.29) is 24.7 Å². The van der Waals surface area contributed by atoms with E-state index < -0.39 is 5.97 Å². The second-order valence-electron chi connectivity index (χ2n) is 6.54. The van der Waals surface area contributed by atoms with E-state index in [1.165, 1.54) is 0 Å². The van der Waals surface area contributed by atoms with Crippen LogP contribution in [0.5, 0.6) is 11.5 Å². The molecule has 0 aliphatic rings. The molecule has 0 aliphatic heterocycles. The van der Waals surface area contributed by atoms with Gasteiger partial charge in [0, 0.05) is 22.5 Å². The number of halogens is 1. The van der Waals surface area contributed by atoms with Crippen LogP contribution < -0.4 is 10.1 Å². The molecule has 6 heteroatoms. The Bertz CT molecular complexity index is 974. The van der Waals surface area contributed by atoms with Crippen molar-refractivity contribution in [3.05, 3.63) is 88.9 Å². The first-order valence-electron chi connectivity index (χ1n) is 9.09. The minimum Gasteiger partial charge on any atom is -0.481 e. The minimum atomic E-state index is -0.930. The van der Waals surface area contributed by atoms with Gasteiger partial charge >= 0.3 is 5.97 Å². The first-order chi connectivity index (χ1) is 14.0. The number of rotatable bonds is 8. The molecule has 0 fully saturated rings. The summed E-state index contributed by atoms with van der Waals surface area (Å²) in [6, 6.07) is 23.8. The highest BCUT2D eigenvalue weighted by molar-refractivity contribution is 9.10. The quantitative estimate of drug-likeness (QED) is 0.449. The maximum absolute atomic E-state index is 12.5. The maximum atomic E-state index is 12.5. The summed E-state index contributed by atoms with van der Waals surface area (Å²) in [6.45, 7) is 0. The summed E-state index contributed by atoms with van der Waals surface area (Å²) in [6.07, 6.45) is -0.0105. The van der Waals surface area contributed by atoms with Crippen molar-refractivity contribution in [1.82, 2.24) is 0 Å². The average Bonchev–Trinajstić information content (AvgIpc) is 2.69. The summed E-state index contributed by atoms with van der Waals surface area (Å²) < 4.78 is 6.70. The lowest BCUT2D eigenvalue weighted by atomic mass is 9.92. The highest BCUT2D eigenvalue weighted by Crippen LogP contribution is 2.27. The third kappa shape index (κ3) is 6.47. The van der Waals surface area contributed by atoms with Crippen LogP contribution >= 0.6 is 15.9 Å². The molecule has 0 spiro atoms. The van der Waals surface area contributed by atoms with E-state index in [2.05, 4.69) is 21.2 Å². The van der Waals surface area contributed by atoms with Gasteiger partial charge in [0.2, 0.25) is 5.91 Å². The van der Waals surface area contributed by atoms with E-state index in [1.807, 2.05) is 54.6 Å². The molecule has 0 bridgehead atoms. The lowest BCUT2D eigenvalue weighted by Crippen LogP contribution is -2.17. The molecule has 0 aromatic heterocycles. The van der Waals surface area contributed by atoms with Gasteiger partial charge in [0.1, 0.15) is 11.5 Å². The van der Waals surface area contributed by atoms with E-state index >= 15 is 0 Å². The van der Waals surface area contributed by atoms with E-state index in [9.17, 15) is 9.59 Å². The fourth-order valence-electron chi connectivity index (χ4n) is 2.95. The second-order valence-corrected chi connectivity index (χ2v) is 7.46. The summed E-state index contributed by atoms with van der Waals surface area (Å²) in [5.74, 6) is -0.195. The first-order valence-corrected chi connectivity index (χ1v) is 9.89. The van der Waals surface area contributed by atoms with Crippen LogP contribution in [0.15, 0.2) is 83.3 Å². The molecular weight excluding hydrogens is 434 g/mol. The number of hydrogen-bond acceptors (Lipinski definition) is 3. The van der Waals surface area contributed by atoms with Crippen molar-refractivity contribution >= 4 is 33.5 Å². The Morgan fingerprint density at radius 3 is 2.28 bits per heavy atom. The molecule has 0 radical (unpaired) electrons. The van der Waals surface area contributed by atoms with Crippen molar-refractivity contribution in [2.24, 2.45) is 0 Å². The number of carbonyl (C=O) groups is 2. The van der Waals surface area contributed by atoms with Crippen molar-refractivity contribution in [1.29, 1.82) is 0 Å². The van der Waals surface area contributed by atoms with Crippen LogP contribution in [-0.4, -0.2) is 17.0 Å². The molecule has 3 aromatic carbocycles. The number of amides is 1. The van der Waals surface area contributed by atoms with Gasteiger partial charge in [-0.3, -0.25) is 9.59 Å². The van der Waals surface area contributed by atoms with Gasteiger partial charge in [-0.25, -0.2) is 0 Å². The Balaban J connectivity index is 1.61. The van der Waals surface area contributed by atoms with Crippen LogP contribution in [0.25, 0.3) is 0 Å². The summed E-state index contributed by atoms with van der Waals surface area (Å²) in [5.41, 5.74) is 1.46. The van der Waals surface area contributed by atoms with Crippen LogP contribution in [-0.2, 0) is 9.59 Å². The van der Waals surface area contributed by atoms with E-state index in [1.54, 1.807) is 24.3 Å². The second kappa shape index (κ2) is 9.89. The number of ether oxygens (including phenoxy) is 1. The van der Waals surface area contributed by atoms with Gasteiger partial charge in [0.25, 0.3) is 0 Å². The third-order valence-electron chi connectivity index (χ3n) is 4.29. The number of carboxylic acid groups (broad SMARTS) is 1. The molecule has 0 heterocycles. The van der Waals surface area contributed by atoms with Crippen molar-refractivity contribution in [3.8, 4) is 11.5 Å². The topological polar surface area (TPSA) is 75.6 Å². The summed E-state index contributed by atoms with van der Waals surface area (Å²) >= 11 is 3.40. The molecule has 2 N–H and O–H groups in total. The van der Waals surface area contributed by atoms with E-state index in [0.717, 1.165) is 10.0 Å². The number of anilines is 1. The number of aliphatic carboxylic acids is 1. The van der Waals surface area contributed by atoms with Crippen molar-refractivity contribution < 1.29 is 19.4 Å². The maximum Gasteiger partial charge on any atom is 0.303 e. The largest absolute Gasteiger partial charge is 0.481 e. The van der Waals surface area contributed by atoms with E-state index in [4.69, 9.17) is 9.84 Å². The fraction of sp³-hybridized carbons (Fsp3) is 0.130. The summed E-state index contributed by atoms with van der Waals surface area (Å²) in [5, 5.41) is 12.0. The zero-order chi connectivity index (χ0) is 20.6. The molecular formula is C23H20BrNO4. The third-order valence-corrected chi connectivity index (χ3v) is 4.79. The summed E-state index contributed by atoms with van der Waals surface area (Å²) in [4.78, 5) is 23.6. The molecule has 1 unspecified atom stereocenters. The zero-order valence-electron chi connectivity index (χ0n) is 15.5. The van der Waals surface area contributed by atoms with Crippen molar-refractivity contribution in [2.45, 2.75) is 18.8 Å². The normalized spacial score (nSPS) is 11.5. The summed E-state index contributed by atoms with van der Waals surface area (Å²) in [7, 11) is 0. The van der Waals surface area contributed by atoms with Crippen LogP contribution in [0.1, 0.15) is 24.3 Å². The lowest BCUT2D eigenvalue weighted by Gasteiger charge is -2.15. The molecule has 0 saturated heterocycles. The number of nitrogens with one attached hydrogen (secondary N) is 1. The highest BCUT2D eigenvalue weighted by Gasteiger charge is 2.19. The van der Waals surface area contributed by atoms with Gasteiger partial charge in [-0.1, -0.05) is 52.3 Å². The molecule has 148 valence electrons. The number of carbonyl (C=O) groups excluding carboxylic acids is 1. The highest BCUT2D eigenvalue weighted by atomic mass is 79.9. The van der Waals surface area contributed by atoms with Gasteiger partial charge in [-0.15, -0.1) is 0 Å². The van der Waals surface area contributed by atoms with Gasteiger partial charge < -0.3 is 15.2 Å². The Kier molecular flexibility index (Phi) is 7.03. The minimum absolute atomic E-state index is 0.0899. The fourth-order valence-corrected chi connectivity index (χ4v) is 3.33. The van der Waals surface area contributed by atoms with Gasteiger partial charge in [-0.05, 0) is 48.0 Å². The molecule has 1 amide bonds. The van der Waals surface area contributed by atoms with Crippen molar-refractivity contribution in [2.75, 3.05) is 5.32 Å². The number of benzene rings is 3. The number of carboxylic acids is 1.